The number of pyridine rings is 1. The van der Waals surface area contributed by atoms with Crippen LogP contribution in [0.15, 0.2) is 12.1 Å². The van der Waals surface area contributed by atoms with Crippen molar-refractivity contribution in [3.8, 4) is 5.75 Å². The Labute approximate surface area is 107 Å². The standard InChI is InChI=1S/C12H17NO4S/c1-3-7-18(15,16)8-6-17-12-5-4-10(2)13-11(12)9-14/h4-5,9H,3,6-8H2,1-2H3. The Morgan fingerprint density at radius 1 is 1.33 bits per heavy atom. The third-order valence-electron chi connectivity index (χ3n) is 2.30. The average Bonchev–Trinajstić information content (AvgIpc) is 2.30. The fraction of sp³-hybridized carbons (Fsp3) is 0.500. The summed E-state index contributed by atoms with van der Waals surface area (Å²) >= 11 is 0. The molecule has 0 radical (unpaired) electrons. The van der Waals surface area contributed by atoms with Gasteiger partial charge in [-0.3, -0.25) is 4.79 Å². The Hall–Kier alpha value is -1.43. The van der Waals surface area contributed by atoms with Crippen molar-refractivity contribution in [2.45, 2.75) is 20.3 Å². The Bertz CT molecular complexity index is 511. The summed E-state index contributed by atoms with van der Waals surface area (Å²) in [6, 6.07) is 3.33. The molecular formula is C12H17NO4S. The molecule has 6 heteroatoms. The average molecular weight is 271 g/mol. The van der Waals surface area contributed by atoms with E-state index in [1.807, 2.05) is 6.92 Å². The van der Waals surface area contributed by atoms with E-state index in [0.717, 1.165) is 0 Å². The van der Waals surface area contributed by atoms with Gasteiger partial charge >= 0.3 is 0 Å². The minimum absolute atomic E-state index is 0.0356. The molecule has 0 aromatic carbocycles. The van der Waals surface area contributed by atoms with E-state index in [1.165, 1.54) is 0 Å². The monoisotopic (exact) mass is 271 g/mol. The van der Waals surface area contributed by atoms with Gasteiger partial charge in [-0.1, -0.05) is 6.92 Å². The highest BCUT2D eigenvalue weighted by Crippen LogP contribution is 2.15. The van der Waals surface area contributed by atoms with E-state index in [0.29, 0.717) is 24.2 Å². The van der Waals surface area contributed by atoms with Crippen LogP contribution in [0.4, 0.5) is 0 Å². The number of sulfone groups is 1. The summed E-state index contributed by atoms with van der Waals surface area (Å²) in [5.41, 5.74) is 0.908. The molecule has 0 atom stereocenters. The van der Waals surface area contributed by atoms with Gasteiger partial charge in [0.1, 0.15) is 18.1 Å². The van der Waals surface area contributed by atoms with Gasteiger partial charge in [-0.25, -0.2) is 13.4 Å². The van der Waals surface area contributed by atoms with Crippen molar-refractivity contribution in [3.05, 3.63) is 23.5 Å². The molecule has 5 nitrogen and oxygen atoms in total. The first-order valence-corrected chi connectivity index (χ1v) is 7.56. The molecule has 0 aliphatic heterocycles. The van der Waals surface area contributed by atoms with E-state index in [9.17, 15) is 13.2 Å². The van der Waals surface area contributed by atoms with Crippen LogP contribution >= 0.6 is 0 Å². The zero-order valence-electron chi connectivity index (χ0n) is 10.5. The number of aryl methyl sites for hydroxylation is 1. The highest BCUT2D eigenvalue weighted by molar-refractivity contribution is 7.91. The quantitative estimate of drug-likeness (QED) is 0.701. The Balaban J connectivity index is 2.62. The first-order chi connectivity index (χ1) is 8.48. The molecular weight excluding hydrogens is 254 g/mol. The fourth-order valence-corrected chi connectivity index (χ4v) is 2.63. The maximum atomic E-state index is 11.5. The maximum absolute atomic E-state index is 11.5. The molecule has 0 aliphatic rings. The van der Waals surface area contributed by atoms with Crippen molar-refractivity contribution >= 4 is 16.1 Å². The minimum atomic E-state index is -3.06. The summed E-state index contributed by atoms with van der Waals surface area (Å²) in [5.74, 6) is 0.429. The molecule has 0 amide bonds. The lowest BCUT2D eigenvalue weighted by atomic mass is 10.3. The molecule has 0 N–H and O–H groups in total. The molecule has 0 bridgehead atoms. The lowest BCUT2D eigenvalue weighted by Gasteiger charge is -2.08. The van der Waals surface area contributed by atoms with Gasteiger partial charge in [-0.05, 0) is 25.5 Å². The number of hydrogen-bond donors (Lipinski definition) is 0. The zero-order chi connectivity index (χ0) is 13.6. The van der Waals surface area contributed by atoms with E-state index >= 15 is 0 Å². The number of ether oxygens (including phenoxy) is 1. The number of carbonyl (C=O) groups is 1. The van der Waals surface area contributed by atoms with Crippen molar-refractivity contribution in [1.82, 2.24) is 4.98 Å². The van der Waals surface area contributed by atoms with Gasteiger partial charge in [0.25, 0.3) is 0 Å². The second kappa shape index (κ2) is 6.49. The summed E-state index contributed by atoms with van der Waals surface area (Å²) in [7, 11) is -3.06. The third kappa shape index (κ3) is 4.44. The zero-order valence-corrected chi connectivity index (χ0v) is 11.4. The molecule has 0 fully saturated rings. The topological polar surface area (TPSA) is 73.3 Å². The van der Waals surface area contributed by atoms with Crippen LogP contribution in [0.25, 0.3) is 0 Å². The molecule has 1 heterocycles. The van der Waals surface area contributed by atoms with Crippen molar-refractivity contribution in [3.63, 3.8) is 0 Å². The number of carbonyl (C=O) groups excluding carboxylic acids is 1. The van der Waals surface area contributed by atoms with Gasteiger partial charge in [-0.2, -0.15) is 0 Å². The summed E-state index contributed by atoms with van der Waals surface area (Å²) in [5, 5.41) is 0. The second-order valence-electron chi connectivity index (χ2n) is 3.95. The van der Waals surface area contributed by atoms with Crippen LogP contribution in [0.3, 0.4) is 0 Å². The number of rotatable bonds is 7. The van der Waals surface area contributed by atoms with Crippen molar-refractivity contribution in [2.75, 3.05) is 18.1 Å². The lowest BCUT2D eigenvalue weighted by Crippen LogP contribution is -2.17. The van der Waals surface area contributed by atoms with Gasteiger partial charge in [-0.15, -0.1) is 0 Å². The van der Waals surface area contributed by atoms with Gasteiger partial charge in [0.05, 0.1) is 11.5 Å². The van der Waals surface area contributed by atoms with Crippen LogP contribution in [0, 0.1) is 6.92 Å². The Morgan fingerprint density at radius 2 is 2.06 bits per heavy atom. The summed E-state index contributed by atoms with van der Waals surface area (Å²) in [4.78, 5) is 14.8. The van der Waals surface area contributed by atoms with Crippen molar-refractivity contribution in [1.29, 1.82) is 0 Å². The van der Waals surface area contributed by atoms with E-state index in [1.54, 1.807) is 19.1 Å². The van der Waals surface area contributed by atoms with E-state index in [2.05, 4.69) is 4.98 Å². The molecule has 1 aromatic heterocycles. The normalized spacial score (nSPS) is 11.2. The van der Waals surface area contributed by atoms with Crippen LogP contribution in [0.5, 0.6) is 5.75 Å². The number of aldehydes is 1. The summed E-state index contributed by atoms with van der Waals surface area (Å²) in [6.45, 7) is 3.61. The molecule has 0 aliphatic carbocycles. The molecule has 1 rings (SSSR count). The van der Waals surface area contributed by atoms with Crippen LogP contribution < -0.4 is 4.74 Å². The summed E-state index contributed by atoms with van der Waals surface area (Å²) in [6.07, 6.45) is 1.19. The van der Waals surface area contributed by atoms with Gasteiger partial charge in [0.2, 0.25) is 0 Å². The Kier molecular flexibility index (Phi) is 5.27. The first-order valence-electron chi connectivity index (χ1n) is 5.74. The number of aromatic nitrogens is 1. The molecule has 0 unspecified atom stereocenters. The number of nitrogens with zero attached hydrogens (tertiary/aromatic N) is 1. The first kappa shape index (κ1) is 14.6. The molecule has 1 aromatic rings. The van der Waals surface area contributed by atoms with Crippen LogP contribution in [0.2, 0.25) is 0 Å². The SMILES string of the molecule is CCCS(=O)(=O)CCOc1ccc(C)nc1C=O. The lowest BCUT2D eigenvalue weighted by molar-refractivity contribution is 0.111. The largest absolute Gasteiger partial charge is 0.490 e. The van der Waals surface area contributed by atoms with Crippen LogP contribution in [-0.4, -0.2) is 37.8 Å². The molecule has 18 heavy (non-hydrogen) atoms. The predicted octanol–water partition coefficient (Wildman–Crippen LogP) is 1.41. The van der Waals surface area contributed by atoms with Gasteiger partial charge in [0.15, 0.2) is 16.1 Å². The minimum Gasteiger partial charge on any atom is -0.490 e. The third-order valence-corrected chi connectivity index (χ3v) is 4.12. The smallest absolute Gasteiger partial charge is 0.172 e. The van der Waals surface area contributed by atoms with Gasteiger partial charge < -0.3 is 4.74 Å². The molecule has 0 saturated carbocycles. The van der Waals surface area contributed by atoms with Crippen LogP contribution in [-0.2, 0) is 9.84 Å². The highest BCUT2D eigenvalue weighted by atomic mass is 32.2. The molecule has 0 spiro atoms. The predicted molar refractivity (Wildman–Crippen MR) is 68.8 cm³/mol. The number of hydrogen-bond acceptors (Lipinski definition) is 5. The van der Waals surface area contributed by atoms with E-state index < -0.39 is 9.84 Å². The highest BCUT2D eigenvalue weighted by Gasteiger charge is 2.11. The van der Waals surface area contributed by atoms with Crippen molar-refractivity contribution < 1.29 is 17.9 Å². The maximum Gasteiger partial charge on any atom is 0.172 e. The van der Waals surface area contributed by atoms with Gasteiger partial charge in [0, 0.05) is 5.69 Å². The Morgan fingerprint density at radius 3 is 2.67 bits per heavy atom. The molecule has 100 valence electrons. The second-order valence-corrected chi connectivity index (χ2v) is 6.26. The fourth-order valence-electron chi connectivity index (χ4n) is 1.46. The van der Waals surface area contributed by atoms with Crippen LogP contribution in [0.1, 0.15) is 29.5 Å². The van der Waals surface area contributed by atoms with E-state index in [4.69, 9.17) is 4.74 Å². The van der Waals surface area contributed by atoms with E-state index in [-0.39, 0.29) is 23.8 Å². The van der Waals surface area contributed by atoms with Crippen molar-refractivity contribution in [2.24, 2.45) is 0 Å². The summed E-state index contributed by atoms with van der Waals surface area (Å²) < 4.78 is 28.2. The molecule has 0 saturated heterocycles.